The summed E-state index contributed by atoms with van der Waals surface area (Å²) in [7, 11) is 2.29. The van der Waals surface area contributed by atoms with E-state index in [1.54, 1.807) is 0 Å². The van der Waals surface area contributed by atoms with Crippen LogP contribution in [0.5, 0.6) is 0 Å². The molecule has 0 aliphatic rings. The third-order valence-electron chi connectivity index (χ3n) is 3.03. The molecule has 0 aromatic carbocycles. The van der Waals surface area contributed by atoms with Crippen LogP contribution < -0.4 is 0 Å². The molecule has 0 heterocycles. The molecule has 1 atom stereocenters. The second kappa shape index (κ2) is 8.28. The van der Waals surface area contributed by atoms with Crippen molar-refractivity contribution in [2.75, 3.05) is 13.6 Å². The van der Waals surface area contributed by atoms with E-state index in [2.05, 4.69) is 39.6 Å². The molecule has 1 nitrogen and oxygen atoms in total. The zero-order chi connectivity index (χ0) is 11.0. The Bertz CT molecular complexity index is 120. The predicted molar refractivity (Wildman–Crippen MR) is 65.7 cm³/mol. The molecule has 14 heavy (non-hydrogen) atoms. The van der Waals surface area contributed by atoms with Gasteiger partial charge in [0.15, 0.2) is 0 Å². The van der Waals surface area contributed by atoms with E-state index in [1.807, 2.05) is 0 Å². The van der Waals surface area contributed by atoms with Crippen LogP contribution in [0, 0.1) is 5.92 Å². The van der Waals surface area contributed by atoms with E-state index in [1.165, 1.54) is 38.6 Å². The van der Waals surface area contributed by atoms with Crippen LogP contribution in [0.2, 0.25) is 0 Å². The summed E-state index contributed by atoms with van der Waals surface area (Å²) < 4.78 is 0. The highest BCUT2D eigenvalue weighted by Crippen LogP contribution is 2.15. The number of hydrogen-bond acceptors (Lipinski definition) is 1. The topological polar surface area (TPSA) is 3.24 Å². The second-order valence-corrected chi connectivity index (χ2v) is 4.79. The smallest absolute Gasteiger partial charge is 0.0115 e. The molecule has 0 rings (SSSR count). The number of nitrogens with zero attached hydrogens (tertiary/aromatic N) is 1. The van der Waals surface area contributed by atoms with Crippen molar-refractivity contribution < 1.29 is 0 Å². The van der Waals surface area contributed by atoms with Crippen LogP contribution in [0.1, 0.15) is 59.8 Å². The van der Waals surface area contributed by atoms with Crippen molar-refractivity contribution in [3.63, 3.8) is 0 Å². The number of hydrogen-bond donors (Lipinski definition) is 0. The van der Waals surface area contributed by atoms with Crippen molar-refractivity contribution in [2.24, 2.45) is 5.92 Å². The lowest BCUT2D eigenvalue weighted by Crippen LogP contribution is -2.36. The van der Waals surface area contributed by atoms with E-state index in [0.717, 1.165) is 12.0 Å². The van der Waals surface area contributed by atoms with Gasteiger partial charge in [-0.05, 0) is 32.4 Å². The first-order valence-corrected chi connectivity index (χ1v) is 6.33. The Morgan fingerprint density at radius 3 is 2.07 bits per heavy atom. The van der Waals surface area contributed by atoms with Crippen LogP contribution in [0.3, 0.4) is 0 Å². The third-order valence-corrected chi connectivity index (χ3v) is 3.03. The van der Waals surface area contributed by atoms with Crippen molar-refractivity contribution in [2.45, 2.75) is 65.8 Å². The average molecular weight is 199 g/mol. The molecule has 0 saturated heterocycles. The summed E-state index contributed by atoms with van der Waals surface area (Å²) in [5.74, 6) is 0.793. The molecule has 0 bridgehead atoms. The lowest BCUT2D eigenvalue weighted by Gasteiger charge is -2.31. The molecule has 0 spiro atoms. The molecule has 0 radical (unpaired) electrons. The van der Waals surface area contributed by atoms with Crippen molar-refractivity contribution in [3.05, 3.63) is 0 Å². The SMILES string of the molecule is CCCCCN(C)C(CCC)C(C)C. The van der Waals surface area contributed by atoms with Crippen LogP contribution in [0.25, 0.3) is 0 Å². The Kier molecular flexibility index (Phi) is 8.26. The molecule has 86 valence electrons. The quantitative estimate of drug-likeness (QED) is 0.535. The summed E-state index contributed by atoms with van der Waals surface area (Å²) in [6.45, 7) is 10.5. The molecule has 0 aromatic rings. The third kappa shape index (κ3) is 5.64. The molecule has 1 unspecified atom stereocenters. The van der Waals surface area contributed by atoms with Gasteiger partial charge >= 0.3 is 0 Å². The second-order valence-electron chi connectivity index (χ2n) is 4.79. The van der Waals surface area contributed by atoms with Crippen molar-refractivity contribution >= 4 is 0 Å². The molecule has 0 aromatic heterocycles. The maximum atomic E-state index is 2.56. The summed E-state index contributed by atoms with van der Waals surface area (Å²) in [4.78, 5) is 2.56. The summed E-state index contributed by atoms with van der Waals surface area (Å²) in [5, 5.41) is 0. The van der Waals surface area contributed by atoms with E-state index in [4.69, 9.17) is 0 Å². The Balaban J connectivity index is 3.82. The summed E-state index contributed by atoms with van der Waals surface area (Å²) >= 11 is 0. The van der Waals surface area contributed by atoms with Crippen molar-refractivity contribution in [3.8, 4) is 0 Å². The zero-order valence-corrected chi connectivity index (χ0v) is 10.8. The van der Waals surface area contributed by atoms with Gasteiger partial charge in [0.05, 0.1) is 0 Å². The fourth-order valence-electron chi connectivity index (χ4n) is 2.14. The molecule has 0 aliphatic carbocycles. The van der Waals surface area contributed by atoms with Gasteiger partial charge < -0.3 is 4.90 Å². The summed E-state index contributed by atoms with van der Waals surface area (Å²) in [6, 6.07) is 0.789. The summed E-state index contributed by atoms with van der Waals surface area (Å²) in [6.07, 6.45) is 6.72. The Morgan fingerprint density at radius 2 is 1.64 bits per heavy atom. The number of unbranched alkanes of at least 4 members (excludes halogenated alkanes) is 2. The average Bonchev–Trinajstić information content (AvgIpc) is 2.13. The highest BCUT2D eigenvalue weighted by Gasteiger charge is 2.16. The molecule has 0 aliphatic heterocycles. The van der Waals surface area contributed by atoms with Gasteiger partial charge in [0.2, 0.25) is 0 Å². The summed E-state index contributed by atoms with van der Waals surface area (Å²) in [5.41, 5.74) is 0. The number of rotatable bonds is 8. The van der Waals surface area contributed by atoms with Crippen molar-refractivity contribution in [1.82, 2.24) is 4.90 Å². The minimum atomic E-state index is 0.789. The highest BCUT2D eigenvalue weighted by atomic mass is 15.1. The molecule has 0 saturated carbocycles. The van der Waals surface area contributed by atoms with Crippen LogP contribution in [-0.2, 0) is 0 Å². The van der Waals surface area contributed by atoms with E-state index in [0.29, 0.717) is 0 Å². The molecular weight excluding hydrogens is 170 g/mol. The van der Waals surface area contributed by atoms with Crippen LogP contribution in [0.15, 0.2) is 0 Å². The van der Waals surface area contributed by atoms with Crippen LogP contribution >= 0.6 is 0 Å². The van der Waals surface area contributed by atoms with Gasteiger partial charge in [0.25, 0.3) is 0 Å². The van der Waals surface area contributed by atoms with Crippen molar-refractivity contribution in [1.29, 1.82) is 0 Å². The van der Waals surface area contributed by atoms with Gasteiger partial charge in [-0.2, -0.15) is 0 Å². The van der Waals surface area contributed by atoms with Gasteiger partial charge in [-0.3, -0.25) is 0 Å². The zero-order valence-electron chi connectivity index (χ0n) is 10.8. The largest absolute Gasteiger partial charge is 0.303 e. The van der Waals surface area contributed by atoms with E-state index >= 15 is 0 Å². The minimum absolute atomic E-state index is 0.789. The first-order valence-electron chi connectivity index (χ1n) is 6.33. The van der Waals surface area contributed by atoms with E-state index < -0.39 is 0 Å². The molecule has 0 N–H and O–H groups in total. The first-order chi connectivity index (χ1) is 6.63. The maximum absolute atomic E-state index is 2.56. The van der Waals surface area contributed by atoms with Gasteiger partial charge in [-0.1, -0.05) is 47.0 Å². The standard InChI is InChI=1S/C13H29N/c1-6-8-9-11-14(5)13(10-7-2)12(3)4/h12-13H,6-11H2,1-5H3. The first kappa shape index (κ1) is 14.0. The van der Waals surface area contributed by atoms with Crippen LogP contribution in [0.4, 0.5) is 0 Å². The van der Waals surface area contributed by atoms with Gasteiger partial charge in [0.1, 0.15) is 0 Å². The normalized spacial score (nSPS) is 13.9. The Labute approximate surface area is 90.9 Å². The van der Waals surface area contributed by atoms with E-state index in [-0.39, 0.29) is 0 Å². The fraction of sp³-hybridized carbons (Fsp3) is 1.00. The van der Waals surface area contributed by atoms with Gasteiger partial charge in [-0.25, -0.2) is 0 Å². The van der Waals surface area contributed by atoms with E-state index in [9.17, 15) is 0 Å². The maximum Gasteiger partial charge on any atom is 0.0115 e. The van der Waals surface area contributed by atoms with Crippen LogP contribution in [-0.4, -0.2) is 24.5 Å². The highest BCUT2D eigenvalue weighted by molar-refractivity contribution is 4.71. The lowest BCUT2D eigenvalue weighted by molar-refractivity contribution is 0.177. The minimum Gasteiger partial charge on any atom is -0.303 e. The molecule has 1 heteroatoms. The molecule has 0 fully saturated rings. The molecular formula is C13H29N. The monoisotopic (exact) mass is 199 g/mol. The van der Waals surface area contributed by atoms with Gasteiger partial charge in [-0.15, -0.1) is 0 Å². The fourth-order valence-corrected chi connectivity index (χ4v) is 2.14. The Hall–Kier alpha value is -0.0400. The predicted octanol–water partition coefficient (Wildman–Crippen LogP) is 3.93. The van der Waals surface area contributed by atoms with Gasteiger partial charge in [0, 0.05) is 6.04 Å². The molecule has 0 amide bonds. The lowest BCUT2D eigenvalue weighted by atomic mass is 9.98. The Morgan fingerprint density at radius 1 is 1.00 bits per heavy atom.